The average molecular weight is 273 g/mol. The van der Waals surface area contributed by atoms with Crippen LogP contribution in [-0.4, -0.2) is 41.3 Å². The maximum atomic E-state index is 2.59. The van der Waals surface area contributed by atoms with Gasteiger partial charge < -0.3 is 0 Å². The summed E-state index contributed by atoms with van der Waals surface area (Å²) < 4.78 is 0. The highest BCUT2D eigenvalue weighted by Crippen LogP contribution is 2.20. The second-order valence-corrected chi connectivity index (χ2v) is 6.04. The van der Waals surface area contributed by atoms with E-state index in [-0.39, 0.29) is 0 Å². The molecule has 2 fully saturated rings. The smallest absolute Gasteiger partial charge is 0.0543 e. The van der Waals surface area contributed by atoms with E-state index in [9.17, 15) is 0 Å². The zero-order valence-electron chi connectivity index (χ0n) is 12.5. The lowest BCUT2D eigenvalue weighted by atomic mass is 10.1. The van der Waals surface area contributed by atoms with Crippen LogP contribution < -0.4 is 0 Å². The van der Waals surface area contributed by atoms with E-state index >= 15 is 0 Å². The zero-order chi connectivity index (χ0) is 13.6. The molecule has 0 atom stereocenters. The van der Waals surface area contributed by atoms with Crippen LogP contribution in [0.3, 0.4) is 0 Å². The van der Waals surface area contributed by atoms with Gasteiger partial charge in [0, 0.05) is 26.2 Å². The van der Waals surface area contributed by atoms with Gasteiger partial charge >= 0.3 is 0 Å². The van der Waals surface area contributed by atoms with Crippen molar-refractivity contribution < 1.29 is 0 Å². The van der Waals surface area contributed by atoms with Crippen LogP contribution in [0.15, 0.2) is 30.3 Å². The Balaban J connectivity index is 1.71. The minimum Gasteiger partial charge on any atom is -0.228 e. The molecular formula is C17H27N3. The molecule has 0 aliphatic carbocycles. The fraction of sp³-hybridized carbons (Fsp3) is 0.647. The van der Waals surface area contributed by atoms with Crippen LogP contribution in [0.4, 0.5) is 0 Å². The van der Waals surface area contributed by atoms with Crippen molar-refractivity contribution in [3.63, 3.8) is 0 Å². The standard InChI is InChI=1S/C17H27N3/c1-4-10-17(11-5-1)16-20(18-12-6-2-7-13-18)19-14-8-3-9-15-19/h1,4-5,10-11H,2-3,6-9,12-16H2. The lowest BCUT2D eigenvalue weighted by molar-refractivity contribution is -0.205. The SMILES string of the molecule is c1ccc(CN(N2CCCCC2)N2CCCCC2)cc1. The van der Waals surface area contributed by atoms with Gasteiger partial charge in [0.05, 0.1) is 6.54 Å². The maximum Gasteiger partial charge on any atom is 0.0543 e. The number of benzene rings is 1. The van der Waals surface area contributed by atoms with E-state index in [4.69, 9.17) is 0 Å². The molecule has 110 valence electrons. The molecule has 0 spiro atoms. The van der Waals surface area contributed by atoms with E-state index in [2.05, 4.69) is 45.5 Å². The van der Waals surface area contributed by atoms with Gasteiger partial charge in [-0.1, -0.05) is 43.2 Å². The van der Waals surface area contributed by atoms with Crippen molar-refractivity contribution in [3.8, 4) is 0 Å². The largest absolute Gasteiger partial charge is 0.228 e. The predicted molar refractivity (Wildman–Crippen MR) is 82.8 cm³/mol. The third kappa shape index (κ3) is 3.60. The first-order valence-corrected chi connectivity index (χ1v) is 8.25. The van der Waals surface area contributed by atoms with Gasteiger partial charge in [0.2, 0.25) is 0 Å². The number of piperidine rings is 2. The van der Waals surface area contributed by atoms with Gasteiger partial charge in [0.1, 0.15) is 0 Å². The molecule has 2 aliphatic heterocycles. The summed E-state index contributed by atoms with van der Waals surface area (Å²) in [6, 6.07) is 10.9. The Morgan fingerprint density at radius 1 is 0.700 bits per heavy atom. The van der Waals surface area contributed by atoms with Crippen LogP contribution >= 0.6 is 0 Å². The highest BCUT2D eigenvalue weighted by atomic mass is 15.9. The Kier molecular flexibility index (Phi) is 5.06. The first kappa shape index (κ1) is 14.1. The molecule has 2 heterocycles. The Hall–Kier alpha value is -0.900. The molecule has 0 bridgehead atoms. The summed E-state index contributed by atoms with van der Waals surface area (Å²) >= 11 is 0. The molecule has 0 saturated carbocycles. The van der Waals surface area contributed by atoms with Gasteiger partial charge in [-0.2, -0.15) is 5.12 Å². The first-order valence-electron chi connectivity index (χ1n) is 8.25. The van der Waals surface area contributed by atoms with Crippen molar-refractivity contribution in [2.24, 2.45) is 0 Å². The third-order valence-electron chi connectivity index (χ3n) is 4.48. The molecule has 3 nitrogen and oxygen atoms in total. The highest BCUT2D eigenvalue weighted by molar-refractivity contribution is 5.14. The number of nitrogens with zero attached hydrogens (tertiary/aromatic N) is 3. The van der Waals surface area contributed by atoms with Gasteiger partial charge in [-0.25, -0.2) is 10.0 Å². The average Bonchev–Trinajstić information content (AvgIpc) is 2.55. The highest BCUT2D eigenvalue weighted by Gasteiger charge is 2.25. The van der Waals surface area contributed by atoms with Crippen molar-refractivity contribution in [2.45, 2.75) is 45.1 Å². The molecule has 0 amide bonds. The normalized spacial score (nSPS) is 22.2. The molecule has 1 aromatic rings. The van der Waals surface area contributed by atoms with E-state index in [0.717, 1.165) is 6.54 Å². The van der Waals surface area contributed by atoms with Crippen LogP contribution in [0.1, 0.15) is 44.1 Å². The zero-order valence-corrected chi connectivity index (χ0v) is 12.5. The number of hydrogen-bond acceptors (Lipinski definition) is 3. The summed E-state index contributed by atoms with van der Waals surface area (Å²) in [5.41, 5.74) is 1.42. The molecular weight excluding hydrogens is 246 g/mol. The Labute approximate surface area is 123 Å². The van der Waals surface area contributed by atoms with Crippen LogP contribution in [0, 0.1) is 0 Å². The molecule has 0 aromatic heterocycles. The van der Waals surface area contributed by atoms with Gasteiger partial charge in [-0.3, -0.25) is 0 Å². The third-order valence-corrected chi connectivity index (χ3v) is 4.48. The van der Waals surface area contributed by atoms with E-state index in [1.54, 1.807) is 0 Å². The van der Waals surface area contributed by atoms with Crippen molar-refractivity contribution >= 4 is 0 Å². The van der Waals surface area contributed by atoms with Crippen LogP contribution in [-0.2, 0) is 6.54 Å². The fourth-order valence-electron chi connectivity index (χ4n) is 3.34. The minimum absolute atomic E-state index is 1.03. The molecule has 1 aromatic carbocycles. The fourth-order valence-corrected chi connectivity index (χ4v) is 3.34. The number of hydrogen-bond donors (Lipinski definition) is 0. The Morgan fingerprint density at radius 2 is 1.20 bits per heavy atom. The Bertz CT molecular complexity index is 362. The predicted octanol–water partition coefficient (Wildman–Crippen LogP) is 3.29. The summed E-state index contributed by atoms with van der Waals surface area (Å²) in [5, 5.41) is 7.72. The topological polar surface area (TPSA) is 9.72 Å². The van der Waals surface area contributed by atoms with E-state index in [1.165, 1.54) is 70.3 Å². The van der Waals surface area contributed by atoms with Gasteiger partial charge in [0.15, 0.2) is 0 Å². The number of hydrazine groups is 2. The minimum atomic E-state index is 1.03. The van der Waals surface area contributed by atoms with Crippen LogP contribution in [0.25, 0.3) is 0 Å². The van der Waals surface area contributed by atoms with Crippen LogP contribution in [0.5, 0.6) is 0 Å². The summed E-state index contributed by atoms with van der Waals surface area (Å²) in [5.74, 6) is 0. The molecule has 3 rings (SSSR count). The quantitative estimate of drug-likeness (QED) is 0.833. The van der Waals surface area contributed by atoms with Gasteiger partial charge in [0.25, 0.3) is 0 Å². The molecule has 0 radical (unpaired) electrons. The van der Waals surface area contributed by atoms with Crippen molar-refractivity contribution in [1.82, 2.24) is 15.1 Å². The molecule has 2 saturated heterocycles. The second-order valence-electron chi connectivity index (χ2n) is 6.04. The summed E-state index contributed by atoms with van der Waals surface area (Å²) in [7, 11) is 0. The Morgan fingerprint density at radius 3 is 1.70 bits per heavy atom. The van der Waals surface area contributed by atoms with E-state index in [0.29, 0.717) is 0 Å². The van der Waals surface area contributed by atoms with Gasteiger partial charge in [-0.15, -0.1) is 0 Å². The molecule has 20 heavy (non-hydrogen) atoms. The molecule has 3 heteroatoms. The summed E-state index contributed by atoms with van der Waals surface area (Å²) in [6.07, 6.45) is 8.18. The van der Waals surface area contributed by atoms with Crippen molar-refractivity contribution in [3.05, 3.63) is 35.9 Å². The lowest BCUT2D eigenvalue weighted by Gasteiger charge is -2.45. The molecule has 2 aliphatic rings. The maximum absolute atomic E-state index is 2.59. The first-order chi connectivity index (χ1) is 9.93. The number of rotatable bonds is 4. The van der Waals surface area contributed by atoms with Crippen molar-refractivity contribution in [1.29, 1.82) is 0 Å². The van der Waals surface area contributed by atoms with E-state index in [1.807, 2.05) is 0 Å². The summed E-state index contributed by atoms with van der Waals surface area (Å²) in [6.45, 7) is 5.93. The van der Waals surface area contributed by atoms with Gasteiger partial charge in [-0.05, 0) is 31.2 Å². The lowest BCUT2D eigenvalue weighted by Crippen LogP contribution is -2.55. The second kappa shape index (κ2) is 7.21. The van der Waals surface area contributed by atoms with Crippen molar-refractivity contribution in [2.75, 3.05) is 26.2 Å². The van der Waals surface area contributed by atoms with E-state index < -0.39 is 0 Å². The molecule has 0 unspecified atom stereocenters. The summed E-state index contributed by atoms with van der Waals surface area (Å²) in [4.78, 5) is 0. The monoisotopic (exact) mass is 273 g/mol. The molecule has 0 N–H and O–H groups in total. The van der Waals surface area contributed by atoms with Crippen LogP contribution in [0.2, 0.25) is 0 Å².